The van der Waals surface area contributed by atoms with Crippen molar-refractivity contribution in [2.45, 2.75) is 6.42 Å². The molecule has 0 fully saturated rings. The minimum atomic E-state index is -0.299. The lowest BCUT2D eigenvalue weighted by Crippen LogP contribution is -2.11. The summed E-state index contributed by atoms with van der Waals surface area (Å²) in [6.45, 7) is 0. The molecule has 6 heteroatoms. The summed E-state index contributed by atoms with van der Waals surface area (Å²) in [5, 5.41) is 12.9. The van der Waals surface area contributed by atoms with Gasteiger partial charge in [-0.1, -0.05) is 35.9 Å². The van der Waals surface area contributed by atoms with E-state index in [4.69, 9.17) is 11.6 Å². The zero-order chi connectivity index (χ0) is 16.0. The third-order valence-electron chi connectivity index (χ3n) is 3.75. The largest absolute Gasteiger partial charge is 0.506 e. The van der Waals surface area contributed by atoms with E-state index in [1.54, 1.807) is 0 Å². The van der Waals surface area contributed by atoms with Crippen LogP contribution in [0.4, 0.5) is 5.13 Å². The second-order valence-electron chi connectivity index (χ2n) is 5.25. The third-order valence-corrected chi connectivity index (χ3v) is 5.02. The predicted molar refractivity (Wildman–Crippen MR) is 91.4 cm³/mol. The van der Waals surface area contributed by atoms with Gasteiger partial charge in [0.05, 0.1) is 10.7 Å². The van der Waals surface area contributed by atoms with Crippen LogP contribution in [0.1, 0.15) is 20.8 Å². The molecule has 0 saturated carbocycles. The Morgan fingerprint density at radius 1 is 1.26 bits per heavy atom. The number of phenolic OH excluding ortho intramolecular Hbond substituents is 1. The highest BCUT2D eigenvalue weighted by atomic mass is 35.5. The zero-order valence-corrected chi connectivity index (χ0v) is 13.4. The third kappa shape index (κ3) is 2.48. The number of phenols is 1. The first-order valence-electron chi connectivity index (χ1n) is 6.99. The summed E-state index contributed by atoms with van der Waals surface area (Å²) in [6, 6.07) is 12.5. The number of halogens is 1. The number of anilines is 1. The van der Waals surface area contributed by atoms with Gasteiger partial charge < -0.3 is 5.11 Å². The highest BCUT2D eigenvalue weighted by Gasteiger charge is 2.23. The quantitative estimate of drug-likeness (QED) is 0.570. The minimum Gasteiger partial charge on any atom is -0.506 e. The lowest BCUT2D eigenvalue weighted by atomic mass is 10.1. The van der Waals surface area contributed by atoms with Crippen molar-refractivity contribution >= 4 is 34.0 Å². The van der Waals surface area contributed by atoms with Crippen LogP contribution in [0.2, 0.25) is 5.02 Å². The van der Waals surface area contributed by atoms with E-state index in [1.807, 2.05) is 18.2 Å². The van der Waals surface area contributed by atoms with E-state index in [0.717, 1.165) is 22.6 Å². The first kappa shape index (κ1) is 14.2. The number of carbonyl (C=O) groups excluding carboxylic acids is 1. The molecular weight excluding hydrogens is 332 g/mol. The molecule has 0 atom stereocenters. The summed E-state index contributed by atoms with van der Waals surface area (Å²) >= 11 is 7.32. The number of thiazole rings is 1. The Hall–Kier alpha value is -2.37. The van der Waals surface area contributed by atoms with Crippen LogP contribution in [-0.4, -0.2) is 16.0 Å². The van der Waals surface area contributed by atoms with Crippen molar-refractivity contribution in [3.8, 4) is 17.0 Å². The second kappa shape index (κ2) is 5.37. The number of rotatable bonds is 2. The van der Waals surface area contributed by atoms with Crippen molar-refractivity contribution in [1.82, 2.24) is 4.98 Å². The smallest absolute Gasteiger partial charge is 0.257 e. The van der Waals surface area contributed by atoms with Crippen molar-refractivity contribution in [2.24, 2.45) is 0 Å². The maximum absolute atomic E-state index is 12.3. The normalized spacial score (nSPS) is 11.9. The molecule has 2 aromatic carbocycles. The van der Waals surface area contributed by atoms with E-state index in [-0.39, 0.29) is 16.7 Å². The van der Waals surface area contributed by atoms with E-state index in [0.29, 0.717) is 10.7 Å². The Morgan fingerprint density at radius 2 is 2.09 bits per heavy atom. The summed E-state index contributed by atoms with van der Waals surface area (Å²) < 4.78 is 0. The lowest BCUT2D eigenvalue weighted by Gasteiger charge is -2.04. The SMILES string of the molecule is O=C(Nc1nc2c(s1)Cc1ccccc1-2)c1ccc(O)c(Cl)c1. The molecule has 4 nitrogen and oxygen atoms in total. The highest BCUT2D eigenvalue weighted by Crippen LogP contribution is 2.40. The Balaban J connectivity index is 1.59. The molecule has 0 spiro atoms. The van der Waals surface area contributed by atoms with Gasteiger partial charge in [-0.25, -0.2) is 4.98 Å². The average molecular weight is 343 g/mol. The number of hydrogen-bond acceptors (Lipinski definition) is 4. The fourth-order valence-corrected chi connectivity index (χ4v) is 3.81. The molecule has 1 aliphatic carbocycles. The van der Waals surface area contributed by atoms with Crippen molar-refractivity contribution < 1.29 is 9.90 Å². The minimum absolute atomic E-state index is 0.0481. The van der Waals surface area contributed by atoms with Gasteiger partial charge in [-0.3, -0.25) is 10.1 Å². The van der Waals surface area contributed by atoms with Gasteiger partial charge in [0, 0.05) is 22.4 Å². The number of aromatic nitrogens is 1. The van der Waals surface area contributed by atoms with E-state index >= 15 is 0 Å². The molecule has 0 bridgehead atoms. The van der Waals surface area contributed by atoms with Gasteiger partial charge in [-0.2, -0.15) is 0 Å². The summed E-state index contributed by atoms with van der Waals surface area (Å²) in [5.74, 6) is -0.347. The summed E-state index contributed by atoms with van der Waals surface area (Å²) in [6.07, 6.45) is 0.851. The first-order chi connectivity index (χ1) is 11.1. The maximum Gasteiger partial charge on any atom is 0.257 e. The molecule has 2 N–H and O–H groups in total. The molecular formula is C17H11ClN2O2S. The van der Waals surface area contributed by atoms with Crippen LogP contribution in [0.25, 0.3) is 11.3 Å². The van der Waals surface area contributed by atoms with Crippen LogP contribution in [0.15, 0.2) is 42.5 Å². The Morgan fingerprint density at radius 3 is 2.91 bits per heavy atom. The maximum atomic E-state index is 12.3. The van der Waals surface area contributed by atoms with Gasteiger partial charge in [0.25, 0.3) is 5.91 Å². The number of nitrogens with zero attached hydrogens (tertiary/aromatic N) is 1. The van der Waals surface area contributed by atoms with Crippen LogP contribution in [0.3, 0.4) is 0 Å². The number of aromatic hydroxyl groups is 1. The summed E-state index contributed by atoms with van der Waals surface area (Å²) in [4.78, 5) is 18.0. The number of fused-ring (bicyclic) bond motifs is 3. The number of carbonyl (C=O) groups is 1. The zero-order valence-electron chi connectivity index (χ0n) is 11.8. The topological polar surface area (TPSA) is 62.2 Å². The number of hydrogen-bond donors (Lipinski definition) is 2. The van der Waals surface area contributed by atoms with Gasteiger partial charge in [-0.15, -0.1) is 11.3 Å². The summed E-state index contributed by atoms with van der Waals surface area (Å²) in [5.41, 5.74) is 3.73. The van der Waals surface area contributed by atoms with Crippen molar-refractivity contribution in [2.75, 3.05) is 5.32 Å². The van der Waals surface area contributed by atoms with E-state index in [1.165, 1.54) is 35.1 Å². The molecule has 0 saturated heterocycles. The van der Waals surface area contributed by atoms with Gasteiger partial charge >= 0.3 is 0 Å². The molecule has 3 aromatic rings. The first-order valence-corrected chi connectivity index (χ1v) is 8.19. The van der Waals surface area contributed by atoms with E-state index < -0.39 is 0 Å². The Labute approximate surface area is 141 Å². The van der Waals surface area contributed by atoms with Crippen molar-refractivity contribution in [1.29, 1.82) is 0 Å². The number of benzene rings is 2. The Bertz CT molecular complexity index is 936. The van der Waals surface area contributed by atoms with Crippen LogP contribution in [0, 0.1) is 0 Å². The predicted octanol–water partition coefficient (Wildman–Crippen LogP) is 4.33. The molecule has 1 heterocycles. The van der Waals surface area contributed by atoms with Crippen molar-refractivity contribution in [3.63, 3.8) is 0 Å². The van der Waals surface area contributed by atoms with Crippen LogP contribution < -0.4 is 5.32 Å². The second-order valence-corrected chi connectivity index (χ2v) is 6.74. The molecule has 114 valence electrons. The fraction of sp³-hybridized carbons (Fsp3) is 0.0588. The summed E-state index contributed by atoms with van der Waals surface area (Å²) in [7, 11) is 0. The van der Waals surface area contributed by atoms with Gasteiger partial charge in [0.15, 0.2) is 5.13 Å². The van der Waals surface area contributed by atoms with Gasteiger partial charge in [-0.05, 0) is 23.8 Å². The van der Waals surface area contributed by atoms with Crippen molar-refractivity contribution in [3.05, 3.63) is 63.5 Å². The fourth-order valence-electron chi connectivity index (χ4n) is 2.63. The van der Waals surface area contributed by atoms with E-state index in [2.05, 4.69) is 16.4 Å². The van der Waals surface area contributed by atoms with Crippen LogP contribution in [-0.2, 0) is 6.42 Å². The molecule has 0 radical (unpaired) electrons. The monoisotopic (exact) mass is 342 g/mol. The lowest BCUT2D eigenvalue weighted by molar-refractivity contribution is 0.102. The molecule has 0 aliphatic heterocycles. The number of nitrogens with one attached hydrogen (secondary N) is 1. The Kier molecular flexibility index (Phi) is 3.32. The molecule has 23 heavy (non-hydrogen) atoms. The standard InChI is InChI=1S/C17H11ClN2O2S/c18-12-7-10(5-6-13(12)21)16(22)20-17-19-15-11-4-2-1-3-9(11)8-14(15)23-17/h1-7,21H,8H2,(H,19,20,22). The van der Waals surface area contributed by atoms with Crippen LogP contribution in [0.5, 0.6) is 5.75 Å². The van der Waals surface area contributed by atoms with Gasteiger partial charge in [0.1, 0.15) is 5.75 Å². The highest BCUT2D eigenvalue weighted by molar-refractivity contribution is 7.16. The van der Waals surface area contributed by atoms with Crippen LogP contribution >= 0.6 is 22.9 Å². The number of amides is 1. The molecule has 1 aromatic heterocycles. The molecule has 0 unspecified atom stereocenters. The molecule has 1 aliphatic rings. The average Bonchev–Trinajstić information content (AvgIpc) is 3.07. The van der Waals surface area contributed by atoms with E-state index in [9.17, 15) is 9.90 Å². The molecule has 1 amide bonds. The molecule has 4 rings (SSSR count). The van der Waals surface area contributed by atoms with Gasteiger partial charge in [0.2, 0.25) is 0 Å².